The van der Waals surface area contributed by atoms with Crippen molar-refractivity contribution in [3.05, 3.63) is 29.3 Å². The van der Waals surface area contributed by atoms with E-state index in [-0.39, 0.29) is 5.60 Å². The van der Waals surface area contributed by atoms with Crippen LogP contribution in [0, 0.1) is 5.92 Å². The van der Waals surface area contributed by atoms with E-state index in [0.29, 0.717) is 12.5 Å². The molecule has 18 heavy (non-hydrogen) atoms. The number of hydrogen-bond donors (Lipinski definition) is 1. The van der Waals surface area contributed by atoms with E-state index in [2.05, 4.69) is 4.90 Å². The Labute approximate surface area is 112 Å². The number of rotatable bonds is 5. The monoisotopic (exact) mass is 267 g/mol. The van der Waals surface area contributed by atoms with Gasteiger partial charge in [0.05, 0.1) is 5.60 Å². The van der Waals surface area contributed by atoms with Crippen LogP contribution in [0.25, 0.3) is 0 Å². The third kappa shape index (κ3) is 2.63. The van der Waals surface area contributed by atoms with Crippen LogP contribution in [0.15, 0.2) is 24.3 Å². The summed E-state index contributed by atoms with van der Waals surface area (Å²) in [5.41, 5.74) is -0.389. The molecule has 2 fully saturated rings. The zero-order valence-corrected chi connectivity index (χ0v) is 11.1. The molecular formula is C14H18ClNO2. The van der Waals surface area contributed by atoms with Crippen molar-refractivity contribution in [3.63, 3.8) is 0 Å². The second-order valence-corrected chi connectivity index (χ2v) is 5.83. The first-order valence-corrected chi connectivity index (χ1v) is 6.87. The van der Waals surface area contributed by atoms with Crippen molar-refractivity contribution in [2.75, 3.05) is 26.2 Å². The first-order chi connectivity index (χ1) is 8.66. The zero-order chi connectivity index (χ0) is 12.6. The molecule has 1 aliphatic heterocycles. The lowest BCUT2D eigenvalue weighted by Gasteiger charge is -2.47. The average molecular weight is 268 g/mol. The van der Waals surface area contributed by atoms with Gasteiger partial charge in [0.1, 0.15) is 12.4 Å². The molecule has 0 unspecified atom stereocenters. The summed E-state index contributed by atoms with van der Waals surface area (Å²) in [5, 5.41) is 10.9. The van der Waals surface area contributed by atoms with Gasteiger partial charge in [0.2, 0.25) is 0 Å². The Morgan fingerprint density at radius 1 is 1.28 bits per heavy atom. The van der Waals surface area contributed by atoms with Crippen molar-refractivity contribution in [1.82, 2.24) is 4.90 Å². The standard InChI is InChI=1S/C14H18ClNO2/c15-12-3-5-13(6-4-12)18-8-7-16-9-14(17,10-16)11-1-2-11/h3-6,11,17H,1-2,7-10H2. The number of hydrogen-bond acceptors (Lipinski definition) is 3. The molecule has 3 rings (SSSR count). The van der Waals surface area contributed by atoms with E-state index in [4.69, 9.17) is 16.3 Å². The molecule has 1 saturated heterocycles. The number of β-amino-alcohol motifs (C(OH)–C–C–N with tert-alkyl or cyclic N) is 1. The van der Waals surface area contributed by atoms with Gasteiger partial charge in [-0.05, 0) is 43.0 Å². The molecule has 0 bridgehead atoms. The van der Waals surface area contributed by atoms with Crippen LogP contribution < -0.4 is 4.74 Å². The van der Waals surface area contributed by atoms with E-state index >= 15 is 0 Å². The normalized spacial score (nSPS) is 22.6. The fourth-order valence-corrected chi connectivity index (χ4v) is 2.71. The van der Waals surface area contributed by atoms with E-state index < -0.39 is 0 Å². The summed E-state index contributed by atoms with van der Waals surface area (Å²) >= 11 is 5.80. The maximum atomic E-state index is 10.2. The molecular weight excluding hydrogens is 250 g/mol. The third-order valence-electron chi connectivity index (χ3n) is 3.82. The molecule has 0 aromatic heterocycles. The van der Waals surface area contributed by atoms with Crippen molar-refractivity contribution in [1.29, 1.82) is 0 Å². The number of likely N-dealkylation sites (tertiary alicyclic amines) is 1. The maximum Gasteiger partial charge on any atom is 0.119 e. The van der Waals surface area contributed by atoms with Crippen molar-refractivity contribution in [3.8, 4) is 5.75 Å². The van der Waals surface area contributed by atoms with Gasteiger partial charge in [0, 0.05) is 24.7 Å². The SMILES string of the molecule is OC1(C2CC2)CN(CCOc2ccc(Cl)cc2)C1. The van der Waals surface area contributed by atoms with Crippen molar-refractivity contribution >= 4 is 11.6 Å². The van der Waals surface area contributed by atoms with Gasteiger partial charge in [-0.2, -0.15) is 0 Å². The third-order valence-corrected chi connectivity index (χ3v) is 4.07. The van der Waals surface area contributed by atoms with Gasteiger partial charge in [-0.15, -0.1) is 0 Å². The molecule has 1 N–H and O–H groups in total. The van der Waals surface area contributed by atoms with Crippen LogP contribution in [-0.4, -0.2) is 41.8 Å². The minimum Gasteiger partial charge on any atom is -0.492 e. The number of halogens is 1. The maximum absolute atomic E-state index is 10.2. The first kappa shape index (κ1) is 12.3. The van der Waals surface area contributed by atoms with Gasteiger partial charge in [-0.25, -0.2) is 0 Å². The topological polar surface area (TPSA) is 32.7 Å². The van der Waals surface area contributed by atoms with Crippen LogP contribution in [-0.2, 0) is 0 Å². The highest BCUT2D eigenvalue weighted by Crippen LogP contribution is 2.44. The van der Waals surface area contributed by atoms with Crippen LogP contribution in [0.4, 0.5) is 0 Å². The fraction of sp³-hybridized carbons (Fsp3) is 0.571. The predicted molar refractivity (Wildman–Crippen MR) is 71.1 cm³/mol. The zero-order valence-electron chi connectivity index (χ0n) is 10.3. The molecule has 1 aromatic rings. The molecule has 4 heteroatoms. The molecule has 0 amide bonds. The quantitative estimate of drug-likeness (QED) is 0.888. The van der Waals surface area contributed by atoms with Crippen LogP contribution in [0.1, 0.15) is 12.8 Å². The van der Waals surface area contributed by atoms with Gasteiger partial charge in [-0.1, -0.05) is 11.6 Å². The van der Waals surface area contributed by atoms with Crippen molar-refractivity contribution in [2.45, 2.75) is 18.4 Å². The highest BCUT2D eigenvalue weighted by molar-refractivity contribution is 6.30. The van der Waals surface area contributed by atoms with E-state index in [1.807, 2.05) is 24.3 Å². The summed E-state index contributed by atoms with van der Waals surface area (Å²) in [7, 11) is 0. The summed E-state index contributed by atoms with van der Waals surface area (Å²) in [6, 6.07) is 7.40. The summed E-state index contributed by atoms with van der Waals surface area (Å²) < 4.78 is 5.63. The van der Waals surface area contributed by atoms with E-state index in [1.54, 1.807) is 0 Å². The number of nitrogens with zero attached hydrogens (tertiary/aromatic N) is 1. The Kier molecular flexibility index (Phi) is 3.22. The van der Waals surface area contributed by atoms with Crippen LogP contribution >= 0.6 is 11.6 Å². The van der Waals surface area contributed by atoms with Gasteiger partial charge < -0.3 is 9.84 Å². The van der Waals surface area contributed by atoms with Gasteiger partial charge >= 0.3 is 0 Å². The summed E-state index contributed by atoms with van der Waals surface area (Å²) in [6.45, 7) is 3.14. The van der Waals surface area contributed by atoms with Gasteiger partial charge in [-0.3, -0.25) is 4.90 Å². The van der Waals surface area contributed by atoms with Crippen LogP contribution in [0.2, 0.25) is 5.02 Å². The lowest BCUT2D eigenvalue weighted by Crippen LogP contribution is -2.63. The molecule has 0 spiro atoms. The predicted octanol–water partition coefficient (Wildman–Crippen LogP) is 2.18. The molecule has 0 atom stereocenters. The Morgan fingerprint density at radius 2 is 1.94 bits per heavy atom. The first-order valence-electron chi connectivity index (χ1n) is 6.49. The summed E-state index contributed by atoms with van der Waals surface area (Å²) in [4.78, 5) is 2.24. The Balaban J connectivity index is 1.37. The van der Waals surface area contributed by atoms with E-state index in [0.717, 1.165) is 30.4 Å². The lowest BCUT2D eigenvalue weighted by molar-refractivity contribution is -0.115. The highest BCUT2D eigenvalue weighted by Gasteiger charge is 2.51. The molecule has 1 aromatic carbocycles. The minimum absolute atomic E-state index is 0.389. The smallest absolute Gasteiger partial charge is 0.119 e. The lowest BCUT2D eigenvalue weighted by atomic mass is 9.89. The van der Waals surface area contributed by atoms with E-state index in [9.17, 15) is 5.11 Å². The average Bonchev–Trinajstić information content (AvgIpc) is 3.13. The second kappa shape index (κ2) is 4.72. The molecule has 3 nitrogen and oxygen atoms in total. The molecule has 1 aliphatic carbocycles. The number of benzene rings is 1. The van der Waals surface area contributed by atoms with E-state index in [1.165, 1.54) is 12.8 Å². The molecule has 0 radical (unpaired) electrons. The van der Waals surface area contributed by atoms with Gasteiger partial charge in [0.15, 0.2) is 0 Å². The number of aliphatic hydroxyl groups is 1. The van der Waals surface area contributed by atoms with Crippen molar-refractivity contribution in [2.24, 2.45) is 5.92 Å². The van der Waals surface area contributed by atoms with Crippen molar-refractivity contribution < 1.29 is 9.84 Å². The number of ether oxygens (including phenoxy) is 1. The second-order valence-electron chi connectivity index (χ2n) is 5.39. The Morgan fingerprint density at radius 3 is 2.56 bits per heavy atom. The largest absolute Gasteiger partial charge is 0.492 e. The van der Waals surface area contributed by atoms with Crippen LogP contribution in [0.3, 0.4) is 0 Å². The van der Waals surface area contributed by atoms with Crippen LogP contribution in [0.5, 0.6) is 5.75 Å². The highest BCUT2D eigenvalue weighted by atomic mass is 35.5. The molecule has 1 saturated carbocycles. The van der Waals surface area contributed by atoms with Gasteiger partial charge in [0.25, 0.3) is 0 Å². The Hall–Kier alpha value is -0.770. The fourth-order valence-electron chi connectivity index (χ4n) is 2.59. The summed E-state index contributed by atoms with van der Waals surface area (Å²) in [6.07, 6.45) is 2.40. The molecule has 1 heterocycles. The Bertz CT molecular complexity index is 410. The molecule has 98 valence electrons. The summed E-state index contributed by atoms with van der Waals surface area (Å²) in [5.74, 6) is 1.41. The molecule has 2 aliphatic rings. The minimum atomic E-state index is -0.389.